The van der Waals surface area contributed by atoms with Crippen molar-refractivity contribution in [2.24, 2.45) is 5.92 Å². The molecule has 0 saturated carbocycles. The molecule has 0 aromatic carbocycles. The van der Waals surface area contributed by atoms with E-state index < -0.39 is 6.67 Å². The molecule has 1 aliphatic carbocycles. The van der Waals surface area contributed by atoms with Crippen LogP contribution in [0.25, 0.3) is 0 Å². The first-order valence-electron chi connectivity index (χ1n) is 8.66. The number of nitrogens with one attached hydrogen (secondary N) is 1. The number of carbonyl (C=O) groups is 2. The number of imidazole rings is 1. The Bertz CT molecular complexity index is 749. The maximum absolute atomic E-state index is 12.9. The van der Waals surface area contributed by atoms with E-state index in [-0.39, 0.29) is 17.7 Å². The van der Waals surface area contributed by atoms with Gasteiger partial charge in [0, 0.05) is 50.3 Å². The molecule has 2 aliphatic heterocycles. The minimum absolute atomic E-state index is 0.0122. The Balaban J connectivity index is 1.34. The summed E-state index contributed by atoms with van der Waals surface area (Å²) in [6.45, 7) is 1.68. The van der Waals surface area contributed by atoms with E-state index in [1.807, 2.05) is 4.90 Å². The van der Waals surface area contributed by atoms with Gasteiger partial charge in [0.1, 0.15) is 6.67 Å². The Kier molecular flexibility index (Phi) is 4.15. The molecule has 1 atom stereocenters. The summed E-state index contributed by atoms with van der Waals surface area (Å²) in [4.78, 5) is 35.8. The summed E-state index contributed by atoms with van der Waals surface area (Å²) in [5.74, 6) is 0.0482. The van der Waals surface area contributed by atoms with Crippen LogP contribution in [0.1, 0.15) is 17.8 Å². The Labute approximate surface area is 145 Å². The quantitative estimate of drug-likeness (QED) is 0.657. The number of fused-ring (bicyclic) bond motifs is 1. The van der Waals surface area contributed by atoms with Gasteiger partial charge in [-0.25, -0.2) is 9.37 Å². The summed E-state index contributed by atoms with van der Waals surface area (Å²) in [5.41, 5.74) is 4.49. The third kappa shape index (κ3) is 2.99. The van der Waals surface area contributed by atoms with Crippen molar-refractivity contribution in [2.45, 2.75) is 19.3 Å². The maximum Gasteiger partial charge on any atom is 0.246 e. The fraction of sp³-hybridized carbons (Fsp3) is 0.500. The van der Waals surface area contributed by atoms with Gasteiger partial charge < -0.3 is 14.8 Å². The van der Waals surface area contributed by atoms with Crippen LogP contribution in [-0.4, -0.2) is 64.4 Å². The van der Waals surface area contributed by atoms with Crippen LogP contribution in [-0.2, 0) is 22.4 Å². The molecule has 6 nitrogen and oxygen atoms in total. The van der Waals surface area contributed by atoms with Gasteiger partial charge in [0.05, 0.1) is 12.0 Å². The number of hydrogen-bond donors (Lipinski definition) is 1. The number of hydrogen-bond acceptors (Lipinski definition) is 3. The lowest BCUT2D eigenvalue weighted by molar-refractivity contribution is -0.134. The molecule has 1 N–H and O–H groups in total. The summed E-state index contributed by atoms with van der Waals surface area (Å²) in [5, 5.41) is 0. The topological polar surface area (TPSA) is 69.3 Å². The van der Waals surface area contributed by atoms with Crippen molar-refractivity contribution in [1.29, 1.82) is 0 Å². The second kappa shape index (κ2) is 6.46. The molecule has 3 heterocycles. The summed E-state index contributed by atoms with van der Waals surface area (Å²) in [6.07, 6.45) is 6.64. The van der Waals surface area contributed by atoms with Gasteiger partial charge in [0.25, 0.3) is 0 Å². The molecule has 3 aliphatic rings. The lowest BCUT2D eigenvalue weighted by Gasteiger charge is -2.28. The van der Waals surface area contributed by atoms with E-state index in [1.54, 1.807) is 11.2 Å². The van der Waals surface area contributed by atoms with E-state index in [0.29, 0.717) is 26.2 Å². The first-order chi connectivity index (χ1) is 12.2. The highest BCUT2D eigenvalue weighted by Gasteiger charge is 2.36. The van der Waals surface area contributed by atoms with Crippen molar-refractivity contribution in [3.8, 4) is 0 Å². The lowest BCUT2D eigenvalue weighted by atomic mass is 9.89. The molecule has 1 aromatic heterocycles. The Hall–Kier alpha value is -2.44. The number of aromatic amines is 1. The highest BCUT2D eigenvalue weighted by atomic mass is 19.1. The predicted octanol–water partition coefficient (Wildman–Crippen LogP) is 1.02. The molecule has 0 radical (unpaired) electrons. The van der Waals surface area contributed by atoms with Crippen LogP contribution in [0.15, 0.2) is 29.6 Å². The van der Waals surface area contributed by atoms with Crippen LogP contribution in [0.5, 0.6) is 0 Å². The van der Waals surface area contributed by atoms with Gasteiger partial charge in [0.2, 0.25) is 11.8 Å². The van der Waals surface area contributed by atoms with Gasteiger partial charge >= 0.3 is 0 Å². The van der Waals surface area contributed by atoms with Crippen molar-refractivity contribution in [3.05, 3.63) is 41.0 Å². The Morgan fingerprint density at radius 1 is 1.24 bits per heavy atom. The van der Waals surface area contributed by atoms with Crippen LogP contribution in [0, 0.1) is 5.92 Å². The fourth-order valence-corrected chi connectivity index (χ4v) is 4.01. The molecule has 0 saturated heterocycles. The van der Waals surface area contributed by atoms with Crippen molar-refractivity contribution < 1.29 is 14.0 Å². The molecule has 1 unspecified atom stereocenters. The van der Waals surface area contributed by atoms with Crippen LogP contribution in [0.3, 0.4) is 0 Å². The highest BCUT2D eigenvalue weighted by Crippen LogP contribution is 2.30. The molecule has 0 fully saturated rings. The minimum Gasteiger partial charge on any atom is -0.348 e. The van der Waals surface area contributed by atoms with Gasteiger partial charge in [0.15, 0.2) is 0 Å². The fourth-order valence-electron chi connectivity index (χ4n) is 4.01. The average Bonchev–Trinajstić information content (AvgIpc) is 3.31. The summed E-state index contributed by atoms with van der Waals surface area (Å²) >= 11 is 0. The zero-order valence-electron chi connectivity index (χ0n) is 14.0. The van der Waals surface area contributed by atoms with Crippen molar-refractivity contribution in [1.82, 2.24) is 19.8 Å². The first-order valence-corrected chi connectivity index (χ1v) is 8.66. The van der Waals surface area contributed by atoms with E-state index >= 15 is 0 Å². The molecule has 0 bridgehead atoms. The average molecular weight is 344 g/mol. The third-order valence-electron chi connectivity index (χ3n) is 5.34. The number of rotatable bonds is 3. The molecular formula is C18H21FN4O2. The number of aromatic nitrogens is 2. The van der Waals surface area contributed by atoms with Crippen LogP contribution < -0.4 is 0 Å². The van der Waals surface area contributed by atoms with E-state index in [2.05, 4.69) is 9.97 Å². The maximum atomic E-state index is 12.9. The lowest BCUT2D eigenvalue weighted by Crippen LogP contribution is -2.40. The van der Waals surface area contributed by atoms with Gasteiger partial charge in [-0.2, -0.15) is 0 Å². The third-order valence-corrected chi connectivity index (χ3v) is 5.34. The molecule has 132 valence electrons. The van der Waals surface area contributed by atoms with Gasteiger partial charge in [-0.1, -0.05) is 0 Å². The van der Waals surface area contributed by atoms with Gasteiger partial charge in [-0.15, -0.1) is 0 Å². The molecule has 25 heavy (non-hydrogen) atoms. The Morgan fingerprint density at radius 3 is 2.68 bits per heavy atom. The summed E-state index contributed by atoms with van der Waals surface area (Å²) in [6, 6.07) is 0. The summed E-state index contributed by atoms with van der Waals surface area (Å²) in [7, 11) is 0. The molecule has 0 spiro atoms. The van der Waals surface area contributed by atoms with Gasteiger partial charge in [-0.3, -0.25) is 9.59 Å². The minimum atomic E-state index is -0.631. The molecule has 2 amide bonds. The molecular weight excluding hydrogens is 323 g/mol. The van der Waals surface area contributed by atoms with E-state index in [0.717, 1.165) is 41.8 Å². The highest BCUT2D eigenvalue weighted by molar-refractivity contribution is 5.89. The van der Waals surface area contributed by atoms with Crippen molar-refractivity contribution in [2.75, 3.05) is 32.9 Å². The number of aryl methyl sites for hydroxylation is 1. The molecule has 1 aromatic rings. The van der Waals surface area contributed by atoms with Crippen LogP contribution >= 0.6 is 0 Å². The monoisotopic (exact) mass is 344 g/mol. The number of carbonyl (C=O) groups excluding carboxylic acids is 2. The largest absolute Gasteiger partial charge is 0.348 e. The van der Waals surface area contributed by atoms with Gasteiger partial charge in [-0.05, 0) is 30.1 Å². The Morgan fingerprint density at radius 2 is 1.96 bits per heavy atom. The standard InChI is InChI=1S/C18H21FN4O2/c19-5-1-2-17(24)22-7-13-9-23(10-14(13)8-22)18(25)12-3-4-15-16(6-12)21-11-20-15/h1-2,11-12H,3-10H2,(H,20,21)/b2-1+. The van der Waals surface area contributed by atoms with Crippen LogP contribution in [0.2, 0.25) is 0 Å². The number of alkyl halides is 1. The second-order valence-corrected chi connectivity index (χ2v) is 6.92. The smallest absolute Gasteiger partial charge is 0.246 e. The number of allylic oxidation sites excluding steroid dienone is 1. The van der Waals surface area contributed by atoms with E-state index in [4.69, 9.17) is 0 Å². The van der Waals surface area contributed by atoms with Crippen molar-refractivity contribution >= 4 is 11.8 Å². The SMILES string of the molecule is O=C(/C=C/CF)N1CC2=C(C1)CN(C(=O)C1CCc3nc[nH]c3C1)C2. The second-order valence-electron chi connectivity index (χ2n) is 6.92. The number of nitrogens with zero attached hydrogens (tertiary/aromatic N) is 3. The van der Waals surface area contributed by atoms with Crippen molar-refractivity contribution in [3.63, 3.8) is 0 Å². The molecule has 4 rings (SSSR count). The zero-order valence-corrected chi connectivity index (χ0v) is 14.0. The molecule has 7 heteroatoms. The van der Waals surface area contributed by atoms with E-state index in [9.17, 15) is 14.0 Å². The zero-order chi connectivity index (χ0) is 17.4. The van der Waals surface area contributed by atoms with E-state index in [1.165, 1.54) is 12.2 Å². The number of H-pyrrole nitrogens is 1. The number of halogens is 1. The normalized spacial score (nSPS) is 22.7. The summed E-state index contributed by atoms with van der Waals surface area (Å²) < 4.78 is 12.1. The first kappa shape index (κ1) is 16.1. The van der Waals surface area contributed by atoms with Crippen LogP contribution in [0.4, 0.5) is 4.39 Å². The number of amides is 2. The predicted molar refractivity (Wildman–Crippen MR) is 89.4 cm³/mol.